The Labute approximate surface area is 144 Å². The van der Waals surface area contributed by atoms with E-state index in [1.165, 1.54) is 31.4 Å². The summed E-state index contributed by atoms with van der Waals surface area (Å²) in [4.78, 5) is 2.52. The van der Waals surface area contributed by atoms with Crippen LogP contribution < -0.4 is 5.32 Å². The monoisotopic (exact) mass is 332 g/mol. The molecule has 1 N–H and O–H groups in total. The first-order chi connectivity index (χ1) is 10.8. The number of aromatic nitrogens is 2. The van der Waals surface area contributed by atoms with Gasteiger partial charge in [0.2, 0.25) is 0 Å². The Hall–Kier alpha value is -1.36. The number of piperidine rings is 1. The Morgan fingerprint density at radius 2 is 1.83 bits per heavy atom. The van der Waals surface area contributed by atoms with Crippen LogP contribution in [0, 0.1) is 0 Å². The first-order valence-electron chi connectivity index (χ1n) is 8.34. The quantitative estimate of drug-likeness (QED) is 0.934. The summed E-state index contributed by atoms with van der Waals surface area (Å²) < 4.78 is 2.06. The van der Waals surface area contributed by atoms with Crippen molar-refractivity contribution in [2.24, 2.45) is 0 Å². The molecule has 5 heteroatoms. The van der Waals surface area contributed by atoms with E-state index in [1.54, 1.807) is 0 Å². The molecule has 0 saturated carbocycles. The number of nitrogens with one attached hydrogen (secondary N) is 1. The number of nitrogens with zero attached hydrogens (tertiary/aromatic N) is 3. The van der Waals surface area contributed by atoms with Gasteiger partial charge in [-0.2, -0.15) is 5.10 Å². The standard InChI is InChI=1S/C18H24N4.ClH/c1-21(18-11-14-7-8-15(12-18)20-14)13-17-9-10-19-22(17)16-5-3-2-4-6-16;/h2-6,9-10,14-15,18,20H,7-8,11-13H2,1H3;1H. The predicted octanol–water partition coefficient (Wildman–Crippen LogP) is 3.01. The van der Waals surface area contributed by atoms with Crippen LogP contribution in [0.4, 0.5) is 0 Å². The summed E-state index contributed by atoms with van der Waals surface area (Å²) in [5.74, 6) is 0. The number of hydrogen-bond acceptors (Lipinski definition) is 3. The highest BCUT2D eigenvalue weighted by atomic mass is 35.5. The number of fused-ring (bicyclic) bond motifs is 2. The van der Waals surface area contributed by atoms with E-state index in [0.717, 1.165) is 24.3 Å². The number of hydrogen-bond donors (Lipinski definition) is 1. The van der Waals surface area contributed by atoms with Gasteiger partial charge in [-0.3, -0.25) is 4.90 Å². The molecule has 2 fully saturated rings. The second kappa shape index (κ2) is 7.04. The van der Waals surface area contributed by atoms with Gasteiger partial charge in [0.25, 0.3) is 0 Å². The zero-order valence-electron chi connectivity index (χ0n) is 13.6. The second-order valence-corrected chi connectivity index (χ2v) is 6.75. The lowest BCUT2D eigenvalue weighted by atomic mass is 9.98. The van der Waals surface area contributed by atoms with Gasteiger partial charge in [0.05, 0.1) is 11.4 Å². The lowest BCUT2D eigenvalue weighted by Crippen LogP contribution is -2.46. The summed E-state index contributed by atoms with van der Waals surface area (Å²) in [5.41, 5.74) is 2.40. The van der Waals surface area contributed by atoms with Crippen LogP contribution in [0.25, 0.3) is 5.69 Å². The van der Waals surface area contributed by atoms with E-state index in [1.807, 2.05) is 12.3 Å². The molecule has 1 aromatic carbocycles. The van der Waals surface area contributed by atoms with Crippen molar-refractivity contribution < 1.29 is 0 Å². The van der Waals surface area contributed by atoms with E-state index < -0.39 is 0 Å². The molecule has 3 heterocycles. The molecular formula is C18H25ClN4. The Morgan fingerprint density at radius 3 is 2.52 bits per heavy atom. The molecule has 0 radical (unpaired) electrons. The zero-order valence-corrected chi connectivity index (χ0v) is 14.4. The van der Waals surface area contributed by atoms with Crippen molar-refractivity contribution in [3.8, 4) is 5.69 Å². The van der Waals surface area contributed by atoms with Gasteiger partial charge in [0, 0.05) is 30.9 Å². The predicted molar refractivity (Wildman–Crippen MR) is 95.2 cm³/mol. The van der Waals surface area contributed by atoms with Gasteiger partial charge in [-0.25, -0.2) is 4.68 Å². The van der Waals surface area contributed by atoms with Crippen LogP contribution in [0.1, 0.15) is 31.4 Å². The van der Waals surface area contributed by atoms with Crippen molar-refractivity contribution in [1.29, 1.82) is 0 Å². The molecule has 4 nitrogen and oxygen atoms in total. The summed E-state index contributed by atoms with van der Waals surface area (Å²) in [5, 5.41) is 8.23. The summed E-state index contributed by atoms with van der Waals surface area (Å²) in [6.07, 6.45) is 7.19. The van der Waals surface area contributed by atoms with Crippen molar-refractivity contribution in [3.05, 3.63) is 48.3 Å². The maximum Gasteiger partial charge on any atom is 0.0649 e. The third-order valence-electron chi connectivity index (χ3n) is 5.20. The van der Waals surface area contributed by atoms with Crippen LogP contribution in [0.3, 0.4) is 0 Å². The van der Waals surface area contributed by atoms with Crippen LogP contribution >= 0.6 is 12.4 Å². The van der Waals surface area contributed by atoms with Gasteiger partial charge >= 0.3 is 0 Å². The Balaban J connectivity index is 0.00000156. The Morgan fingerprint density at radius 1 is 1.13 bits per heavy atom. The van der Waals surface area contributed by atoms with E-state index in [-0.39, 0.29) is 12.4 Å². The third kappa shape index (κ3) is 3.44. The topological polar surface area (TPSA) is 33.1 Å². The number of halogens is 1. The van der Waals surface area contributed by atoms with Crippen molar-refractivity contribution in [2.75, 3.05) is 7.05 Å². The van der Waals surface area contributed by atoms with Crippen LogP contribution in [0.15, 0.2) is 42.6 Å². The van der Waals surface area contributed by atoms with Gasteiger partial charge in [-0.05, 0) is 50.9 Å². The van der Waals surface area contributed by atoms with E-state index in [0.29, 0.717) is 6.04 Å². The molecule has 2 aliphatic rings. The zero-order chi connectivity index (χ0) is 14.9. The summed E-state index contributed by atoms with van der Waals surface area (Å²) in [7, 11) is 2.26. The Bertz CT molecular complexity index is 615. The Kier molecular flexibility index (Phi) is 5.05. The van der Waals surface area contributed by atoms with Gasteiger partial charge in [0.15, 0.2) is 0 Å². The molecule has 23 heavy (non-hydrogen) atoms. The van der Waals surface area contributed by atoms with Gasteiger partial charge in [-0.15, -0.1) is 12.4 Å². The number of benzene rings is 1. The van der Waals surface area contributed by atoms with E-state index in [9.17, 15) is 0 Å². The molecule has 0 spiro atoms. The van der Waals surface area contributed by atoms with E-state index in [2.05, 4.69) is 57.4 Å². The molecule has 1 aromatic heterocycles. The maximum atomic E-state index is 4.50. The van der Waals surface area contributed by atoms with Gasteiger partial charge < -0.3 is 5.32 Å². The van der Waals surface area contributed by atoms with Crippen LogP contribution in [-0.4, -0.2) is 39.9 Å². The fraction of sp³-hybridized carbons (Fsp3) is 0.500. The fourth-order valence-electron chi connectivity index (χ4n) is 4.02. The molecule has 0 amide bonds. The van der Waals surface area contributed by atoms with Gasteiger partial charge in [-0.1, -0.05) is 18.2 Å². The average molecular weight is 333 g/mol. The van der Waals surface area contributed by atoms with Crippen molar-refractivity contribution in [2.45, 2.75) is 50.4 Å². The molecule has 124 valence electrons. The minimum Gasteiger partial charge on any atom is -0.311 e. The smallest absolute Gasteiger partial charge is 0.0649 e. The van der Waals surface area contributed by atoms with Crippen LogP contribution in [-0.2, 0) is 6.54 Å². The first-order valence-corrected chi connectivity index (χ1v) is 8.34. The number of rotatable bonds is 4. The molecule has 2 aromatic rings. The highest BCUT2D eigenvalue weighted by Crippen LogP contribution is 2.29. The largest absolute Gasteiger partial charge is 0.311 e. The molecule has 2 atom stereocenters. The third-order valence-corrected chi connectivity index (χ3v) is 5.20. The highest BCUT2D eigenvalue weighted by molar-refractivity contribution is 5.85. The molecule has 2 saturated heterocycles. The minimum absolute atomic E-state index is 0. The SMILES string of the molecule is CN(Cc1ccnn1-c1ccccc1)C1CC2CCC(C1)N2.Cl. The van der Waals surface area contributed by atoms with Crippen LogP contribution in [0.2, 0.25) is 0 Å². The maximum absolute atomic E-state index is 4.50. The van der Waals surface area contributed by atoms with E-state index in [4.69, 9.17) is 0 Å². The van der Waals surface area contributed by atoms with Crippen molar-refractivity contribution in [3.63, 3.8) is 0 Å². The summed E-state index contributed by atoms with van der Waals surface area (Å²) >= 11 is 0. The van der Waals surface area contributed by atoms with Crippen molar-refractivity contribution >= 4 is 12.4 Å². The molecule has 2 aliphatic heterocycles. The van der Waals surface area contributed by atoms with E-state index >= 15 is 0 Å². The van der Waals surface area contributed by atoms with Gasteiger partial charge in [0.1, 0.15) is 0 Å². The lowest BCUT2D eigenvalue weighted by Gasteiger charge is -2.35. The normalized spacial score (nSPS) is 26.3. The van der Waals surface area contributed by atoms with Crippen molar-refractivity contribution in [1.82, 2.24) is 20.0 Å². The average Bonchev–Trinajstić information content (AvgIpc) is 3.14. The second-order valence-electron chi connectivity index (χ2n) is 6.75. The molecule has 2 unspecified atom stereocenters. The molecule has 2 bridgehead atoms. The summed E-state index contributed by atoms with van der Waals surface area (Å²) in [6.45, 7) is 0.957. The first kappa shape index (κ1) is 16.5. The summed E-state index contributed by atoms with van der Waals surface area (Å²) in [6, 6.07) is 14.7. The molecule has 4 rings (SSSR count). The fourth-order valence-corrected chi connectivity index (χ4v) is 4.02. The molecule has 0 aliphatic carbocycles. The number of para-hydroxylation sites is 1. The minimum atomic E-state index is 0. The molecular weight excluding hydrogens is 308 g/mol. The lowest BCUT2D eigenvalue weighted by molar-refractivity contribution is 0.163. The highest BCUT2D eigenvalue weighted by Gasteiger charge is 2.35. The van der Waals surface area contributed by atoms with Crippen LogP contribution in [0.5, 0.6) is 0 Å².